The van der Waals surface area contributed by atoms with Gasteiger partial charge in [0.05, 0.1) is 21.6 Å². The molecular formula is C15H16N6O5. The van der Waals surface area contributed by atoms with Gasteiger partial charge in [0.1, 0.15) is 17.4 Å². The first-order chi connectivity index (χ1) is 12.2. The van der Waals surface area contributed by atoms with Crippen LogP contribution >= 0.6 is 0 Å². The summed E-state index contributed by atoms with van der Waals surface area (Å²) in [6, 6.07) is 5.08. The van der Waals surface area contributed by atoms with E-state index >= 15 is 0 Å². The smallest absolute Gasteiger partial charge is 0.271 e. The summed E-state index contributed by atoms with van der Waals surface area (Å²) in [6.07, 6.45) is 1.16. The zero-order valence-electron chi connectivity index (χ0n) is 14.2. The van der Waals surface area contributed by atoms with Gasteiger partial charge in [0.15, 0.2) is 0 Å². The van der Waals surface area contributed by atoms with Gasteiger partial charge in [-0.25, -0.2) is 5.43 Å². The highest BCUT2D eigenvalue weighted by Gasteiger charge is 2.26. The monoisotopic (exact) mass is 360 g/mol. The highest BCUT2D eigenvalue weighted by molar-refractivity contribution is 5.87. The summed E-state index contributed by atoms with van der Waals surface area (Å²) >= 11 is 0. The maximum Gasteiger partial charge on any atom is 0.312 e. The molecule has 0 aliphatic carbocycles. The van der Waals surface area contributed by atoms with Crippen LogP contribution in [0.25, 0.3) is 0 Å². The summed E-state index contributed by atoms with van der Waals surface area (Å²) in [6.45, 7) is 4.50. The molecule has 0 saturated heterocycles. The Labute approximate surface area is 147 Å². The Hall–Kier alpha value is -3.63. The molecule has 0 fully saturated rings. The molecule has 0 aliphatic heterocycles. The third-order valence-corrected chi connectivity index (χ3v) is 3.73. The lowest BCUT2D eigenvalue weighted by molar-refractivity contribution is -0.386. The van der Waals surface area contributed by atoms with E-state index in [1.54, 1.807) is 6.07 Å². The number of carbonyl (C=O) groups excluding carboxylic acids is 1. The number of hydrogen-bond acceptors (Lipinski definition) is 7. The minimum absolute atomic E-state index is 0.145. The summed E-state index contributed by atoms with van der Waals surface area (Å²) in [7, 11) is 0. The van der Waals surface area contributed by atoms with Gasteiger partial charge in [-0.2, -0.15) is 10.2 Å². The lowest BCUT2D eigenvalue weighted by Gasteiger charge is -2.11. The van der Waals surface area contributed by atoms with Crippen molar-refractivity contribution in [3.63, 3.8) is 0 Å². The van der Waals surface area contributed by atoms with Crippen molar-refractivity contribution in [2.45, 2.75) is 26.8 Å². The molecule has 0 saturated carbocycles. The second kappa shape index (κ2) is 7.51. The number of benzene rings is 1. The Bertz CT molecular complexity index is 904. The average molecular weight is 360 g/mol. The van der Waals surface area contributed by atoms with E-state index in [0.717, 1.165) is 6.21 Å². The Kier molecular flexibility index (Phi) is 5.40. The lowest BCUT2D eigenvalue weighted by Crippen LogP contribution is -2.28. The van der Waals surface area contributed by atoms with Gasteiger partial charge in [0, 0.05) is 6.07 Å². The minimum atomic E-state index is -0.856. The van der Waals surface area contributed by atoms with Crippen LogP contribution < -0.4 is 5.43 Å². The van der Waals surface area contributed by atoms with Crippen LogP contribution in [0.2, 0.25) is 0 Å². The molecular weight excluding hydrogens is 344 g/mol. The van der Waals surface area contributed by atoms with Gasteiger partial charge in [-0.3, -0.25) is 29.7 Å². The van der Waals surface area contributed by atoms with Crippen LogP contribution in [0.5, 0.6) is 0 Å². The number of nitrogens with one attached hydrogen (secondary N) is 1. The molecule has 2 rings (SSSR count). The van der Waals surface area contributed by atoms with E-state index in [9.17, 15) is 25.0 Å². The number of para-hydroxylation sites is 1. The Morgan fingerprint density at radius 1 is 1.27 bits per heavy atom. The molecule has 136 valence electrons. The van der Waals surface area contributed by atoms with Gasteiger partial charge in [-0.15, -0.1) is 0 Å². The minimum Gasteiger partial charge on any atom is -0.271 e. The van der Waals surface area contributed by atoms with E-state index in [-0.39, 0.29) is 28.3 Å². The molecule has 1 aromatic heterocycles. The maximum absolute atomic E-state index is 12.2. The van der Waals surface area contributed by atoms with Crippen molar-refractivity contribution < 1.29 is 14.6 Å². The Balaban J connectivity index is 2.15. The maximum atomic E-state index is 12.2. The number of hydrogen-bond donors (Lipinski definition) is 1. The second-order valence-electron chi connectivity index (χ2n) is 5.45. The van der Waals surface area contributed by atoms with Crippen LogP contribution in [-0.4, -0.2) is 31.7 Å². The topological polar surface area (TPSA) is 146 Å². The third kappa shape index (κ3) is 3.71. The van der Waals surface area contributed by atoms with Crippen molar-refractivity contribution >= 4 is 23.5 Å². The SMILES string of the molecule is Cc1nn(C(C)C(=O)NN=Cc2ccccc2[N+](=O)[O-])c(C)c1[N+](=O)[O-]. The molecule has 11 nitrogen and oxygen atoms in total. The molecule has 1 amide bonds. The first-order valence-electron chi connectivity index (χ1n) is 7.50. The van der Waals surface area contributed by atoms with Crippen LogP contribution in [0.15, 0.2) is 29.4 Å². The molecule has 0 radical (unpaired) electrons. The van der Waals surface area contributed by atoms with Gasteiger partial charge in [-0.05, 0) is 26.8 Å². The molecule has 2 aromatic rings. The van der Waals surface area contributed by atoms with E-state index in [1.165, 1.54) is 43.7 Å². The molecule has 0 bridgehead atoms. The zero-order valence-corrected chi connectivity index (χ0v) is 14.2. The fraction of sp³-hybridized carbons (Fsp3) is 0.267. The average Bonchev–Trinajstić information content (AvgIpc) is 2.88. The number of hydrazone groups is 1. The van der Waals surface area contributed by atoms with Crippen molar-refractivity contribution in [3.05, 3.63) is 61.4 Å². The number of carbonyl (C=O) groups is 1. The van der Waals surface area contributed by atoms with Crippen molar-refractivity contribution in [1.29, 1.82) is 0 Å². The first-order valence-corrected chi connectivity index (χ1v) is 7.50. The number of nitro groups is 2. The highest BCUT2D eigenvalue weighted by Crippen LogP contribution is 2.24. The summed E-state index contributed by atoms with van der Waals surface area (Å²) in [4.78, 5) is 33.1. The lowest BCUT2D eigenvalue weighted by atomic mass is 10.2. The van der Waals surface area contributed by atoms with E-state index in [1.807, 2.05) is 0 Å². The van der Waals surface area contributed by atoms with Crippen LogP contribution in [0.3, 0.4) is 0 Å². The van der Waals surface area contributed by atoms with Crippen molar-refractivity contribution in [2.75, 3.05) is 0 Å². The van der Waals surface area contributed by atoms with E-state index in [2.05, 4.69) is 15.6 Å². The zero-order chi connectivity index (χ0) is 19.4. The highest BCUT2D eigenvalue weighted by atomic mass is 16.6. The van der Waals surface area contributed by atoms with E-state index in [0.29, 0.717) is 0 Å². The molecule has 0 aliphatic rings. The van der Waals surface area contributed by atoms with Crippen LogP contribution in [-0.2, 0) is 4.79 Å². The molecule has 11 heteroatoms. The summed E-state index contributed by atoms with van der Waals surface area (Å²) in [5.74, 6) is -0.569. The van der Waals surface area contributed by atoms with Crippen molar-refractivity contribution in [2.24, 2.45) is 5.10 Å². The normalized spacial score (nSPS) is 12.1. The molecule has 0 spiro atoms. The Morgan fingerprint density at radius 3 is 2.50 bits per heavy atom. The molecule has 1 heterocycles. The molecule has 26 heavy (non-hydrogen) atoms. The summed E-state index contributed by atoms with van der Waals surface area (Å²) in [5.41, 5.74) is 2.65. The summed E-state index contributed by atoms with van der Waals surface area (Å²) in [5, 5.41) is 29.7. The Morgan fingerprint density at radius 2 is 1.92 bits per heavy atom. The van der Waals surface area contributed by atoms with E-state index in [4.69, 9.17) is 0 Å². The van der Waals surface area contributed by atoms with Crippen LogP contribution in [0.4, 0.5) is 11.4 Å². The predicted molar refractivity (Wildman–Crippen MR) is 91.9 cm³/mol. The number of rotatable bonds is 6. The number of aryl methyl sites for hydroxylation is 1. The predicted octanol–water partition coefficient (Wildman–Crippen LogP) is 2.03. The largest absolute Gasteiger partial charge is 0.312 e. The quantitative estimate of drug-likeness (QED) is 0.474. The number of amides is 1. The second-order valence-corrected chi connectivity index (χ2v) is 5.45. The number of nitrogens with zero attached hydrogens (tertiary/aromatic N) is 5. The standard InChI is InChI=1S/C15H16N6O5/c1-9-14(21(25)26)10(2)19(18-9)11(3)15(22)17-16-8-12-6-4-5-7-13(12)20(23)24/h4-8,11H,1-3H3,(H,17,22). The number of nitro benzene ring substituents is 1. The molecule has 1 unspecified atom stereocenters. The molecule has 1 N–H and O–H groups in total. The van der Waals surface area contributed by atoms with E-state index < -0.39 is 21.8 Å². The van der Waals surface area contributed by atoms with Crippen LogP contribution in [0.1, 0.15) is 29.9 Å². The molecule has 1 atom stereocenters. The van der Waals surface area contributed by atoms with Crippen molar-refractivity contribution in [3.8, 4) is 0 Å². The first kappa shape index (κ1) is 18.7. The third-order valence-electron chi connectivity index (χ3n) is 3.73. The number of aromatic nitrogens is 2. The van der Waals surface area contributed by atoms with Crippen molar-refractivity contribution in [1.82, 2.24) is 15.2 Å². The molecule has 1 aromatic carbocycles. The fourth-order valence-electron chi connectivity index (χ4n) is 2.43. The van der Waals surface area contributed by atoms with Gasteiger partial charge in [0.2, 0.25) is 0 Å². The van der Waals surface area contributed by atoms with Gasteiger partial charge < -0.3 is 0 Å². The van der Waals surface area contributed by atoms with Gasteiger partial charge >= 0.3 is 5.69 Å². The van der Waals surface area contributed by atoms with Gasteiger partial charge in [0.25, 0.3) is 11.6 Å². The van der Waals surface area contributed by atoms with Crippen LogP contribution in [0, 0.1) is 34.1 Å². The fourth-order valence-corrected chi connectivity index (χ4v) is 2.43. The summed E-state index contributed by atoms with van der Waals surface area (Å²) < 4.78 is 1.24. The van der Waals surface area contributed by atoms with Gasteiger partial charge in [-0.1, -0.05) is 12.1 Å².